The van der Waals surface area contributed by atoms with Crippen molar-refractivity contribution in [2.45, 2.75) is 51.4 Å². The fraction of sp³-hybridized carbons (Fsp3) is 0.429. The zero-order valence-corrected chi connectivity index (χ0v) is 17.3. The number of fused-ring (bicyclic) bond motifs is 7. The van der Waals surface area contributed by atoms with Gasteiger partial charge in [-0.15, -0.1) is 0 Å². The molecule has 2 aromatic carbocycles. The molecule has 0 aromatic heterocycles. The van der Waals surface area contributed by atoms with Crippen LogP contribution in [-0.2, 0) is 25.7 Å². The van der Waals surface area contributed by atoms with Crippen molar-refractivity contribution in [2.75, 3.05) is 6.79 Å². The van der Waals surface area contributed by atoms with E-state index < -0.39 is 0 Å². The van der Waals surface area contributed by atoms with Crippen LogP contribution in [-0.4, -0.2) is 6.79 Å². The maximum absolute atomic E-state index is 6.08. The highest BCUT2D eigenvalue weighted by Gasteiger charge is 2.31. The number of ether oxygens (including phenoxy) is 2. The molecule has 0 radical (unpaired) electrons. The summed E-state index contributed by atoms with van der Waals surface area (Å²) in [7, 11) is 0. The van der Waals surface area contributed by atoms with Crippen LogP contribution >= 0.6 is 31.9 Å². The quantitative estimate of drug-likeness (QED) is 0.452. The molecule has 0 N–H and O–H groups in total. The van der Waals surface area contributed by atoms with Crippen LogP contribution in [0.5, 0.6) is 11.5 Å². The van der Waals surface area contributed by atoms with Gasteiger partial charge in [0, 0.05) is 11.1 Å². The van der Waals surface area contributed by atoms with E-state index in [1.54, 1.807) is 0 Å². The average Bonchev–Trinajstić information content (AvgIpc) is 2.83. The van der Waals surface area contributed by atoms with E-state index >= 15 is 0 Å². The third kappa shape index (κ3) is 2.56. The number of hydrogen-bond donors (Lipinski definition) is 0. The summed E-state index contributed by atoms with van der Waals surface area (Å²) in [4.78, 5) is 0. The first-order chi connectivity index (χ1) is 12.2. The molecule has 0 bridgehead atoms. The van der Waals surface area contributed by atoms with Gasteiger partial charge >= 0.3 is 0 Å². The predicted octanol–water partition coefficient (Wildman–Crippen LogP) is 6.36. The second kappa shape index (κ2) is 6.31. The lowest BCUT2D eigenvalue weighted by Crippen LogP contribution is -2.09. The second-order valence-electron chi connectivity index (χ2n) is 7.22. The molecule has 130 valence electrons. The molecule has 2 aromatic rings. The lowest BCUT2D eigenvalue weighted by molar-refractivity contribution is 0.123. The Balaban J connectivity index is 1.89. The van der Waals surface area contributed by atoms with Crippen LogP contribution in [0.3, 0.4) is 0 Å². The van der Waals surface area contributed by atoms with Gasteiger partial charge in [-0.25, -0.2) is 0 Å². The lowest BCUT2D eigenvalue weighted by Gasteiger charge is -2.26. The summed E-state index contributed by atoms with van der Waals surface area (Å²) in [6, 6.07) is 4.53. The Morgan fingerprint density at radius 3 is 1.56 bits per heavy atom. The fourth-order valence-corrected chi connectivity index (χ4v) is 5.83. The molecule has 5 rings (SSSR count). The molecule has 25 heavy (non-hydrogen) atoms. The maximum Gasteiger partial charge on any atom is 0.231 e. The van der Waals surface area contributed by atoms with Gasteiger partial charge in [0.2, 0.25) is 6.79 Å². The van der Waals surface area contributed by atoms with Gasteiger partial charge in [0.25, 0.3) is 0 Å². The minimum atomic E-state index is 0.259. The smallest absolute Gasteiger partial charge is 0.231 e. The first kappa shape index (κ1) is 16.2. The van der Waals surface area contributed by atoms with Crippen molar-refractivity contribution >= 4 is 31.9 Å². The van der Waals surface area contributed by atoms with Crippen LogP contribution in [0.2, 0.25) is 0 Å². The molecule has 0 saturated carbocycles. The Hall–Kier alpha value is -1.00. The van der Waals surface area contributed by atoms with E-state index in [9.17, 15) is 0 Å². The average molecular weight is 464 g/mol. The Kier molecular flexibility index (Phi) is 4.09. The minimum Gasteiger partial charge on any atom is -0.456 e. The van der Waals surface area contributed by atoms with Crippen LogP contribution < -0.4 is 9.47 Å². The Bertz CT molecular complexity index is 802. The maximum atomic E-state index is 6.08. The van der Waals surface area contributed by atoms with E-state index in [0.717, 1.165) is 46.1 Å². The molecule has 0 amide bonds. The van der Waals surface area contributed by atoms with Gasteiger partial charge in [0.15, 0.2) is 0 Å². The highest BCUT2D eigenvalue weighted by atomic mass is 79.9. The SMILES string of the molecule is Brc1cc2c(c3c1OCOc1c(Br)cc4c(c1-3)CCCC4)CCCC2. The third-order valence-corrected chi connectivity index (χ3v) is 6.95. The summed E-state index contributed by atoms with van der Waals surface area (Å²) in [6.07, 6.45) is 9.66. The largest absolute Gasteiger partial charge is 0.456 e. The topological polar surface area (TPSA) is 18.5 Å². The molecule has 2 aliphatic carbocycles. The van der Waals surface area contributed by atoms with E-state index in [-0.39, 0.29) is 6.79 Å². The summed E-state index contributed by atoms with van der Waals surface area (Å²) >= 11 is 7.54. The number of halogens is 2. The van der Waals surface area contributed by atoms with Gasteiger partial charge in [-0.05, 0) is 118 Å². The van der Waals surface area contributed by atoms with Crippen molar-refractivity contribution in [3.8, 4) is 22.6 Å². The van der Waals surface area contributed by atoms with Gasteiger partial charge in [-0.1, -0.05) is 0 Å². The first-order valence-electron chi connectivity index (χ1n) is 9.18. The summed E-state index contributed by atoms with van der Waals surface area (Å²) < 4.78 is 14.3. The Morgan fingerprint density at radius 2 is 1.08 bits per heavy atom. The number of rotatable bonds is 0. The van der Waals surface area contributed by atoms with E-state index in [2.05, 4.69) is 44.0 Å². The lowest BCUT2D eigenvalue weighted by atomic mass is 9.80. The monoisotopic (exact) mass is 462 g/mol. The zero-order chi connectivity index (χ0) is 17.0. The van der Waals surface area contributed by atoms with Crippen molar-refractivity contribution in [1.29, 1.82) is 0 Å². The van der Waals surface area contributed by atoms with Gasteiger partial charge < -0.3 is 9.47 Å². The summed E-state index contributed by atoms with van der Waals surface area (Å²) in [5, 5.41) is 0. The summed E-state index contributed by atoms with van der Waals surface area (Å²) in [6.45, 7) is 0.259. The number of hydrogen-bond acceptors (Lipinski definition) is 2. The molecule has 0 fully saturated rings. The van der Waals surface area contributed by atoms with E-state index in [0.29, 0.717) is 0 Å². The molecule has 0 spiro atoms. The van der Waals surface area contributed by atoms with Crippen molar-refractivity contribution < 1.29 is 9.47 Å². The standard InChI is InChI=1S/C21H20Br2O2/c22-16-9-12-5-1-3-7-14(12)18-19-15-8-4-2-6-13(15)10-17(23)21(19)25-11-24-20(16)18/h9-10H,1-8,11H2. The van der Waals surface area contributed by atoms with Crippen molar-refractivity contribution in [3.05, 3.63) is 43.3 Å². The molecule has 3 aliphatic rings. The minimum absolute atomic E-state index is 0.259. The van der Waals surface area contributed by atoms with Gasteiger partial charge in [0.05, 0.1) is 8.95 Å². The van der Waals surface area contributed by atoms with Crippen LogP contribution in [0.1, 0.15) is 47.9 Å². The summed E-state index contributed by atoms with van der Waals surface area (Å²) in [5.74, 6) is 1.93. The van der Waals surface area contributed by atoms with Crippen LogP contribution in [0.4, 0.5) is 0 Å². The third-order valence-electron chi connectivity index (χ3n) is 5.77. The highest BCUT2D eigenvalue weighted by molar-refractivity contribution is 9.11. The van der Waals surface area contributed by atoms with Crippen molar-refractivity contribution in [1.82, 2.24) is 0 Å². The Labute approximate surface area is 165 Å². The summed E-state index contributed by atoms with van der Waals surface area (Å²) in [5.41, 5.74) is 8.46. The van der Waals surface area contributed by atoms with Crippen LogP contribution in [0, 0.1) is 0 Å². The van der Waals surface area contributed by atoms with E-state index in [4.69, 9.17) is 9.47 Å². The zero-order valence-electron chi connectivity index (χ0n) is 14.1. The van der Waals surface area contributed by atoms with E-state index in [1.165, 1.54) is 59.1 Å². The Morgan fingerprint density at radius 1 is 0.640 bits per heavy atom. The van der Waals surface area contributed by atoms with Crippen molar-refractivity contribution in [3.63, 3.8) is 0 Å². The second-order valence-corrected chi connectivity index (χ2v) is 8.93. The molecule has 0 unspecified atom stereocenters. The van der Waals surface area contributed by atoms with Gasteiger partial charge in [-0.3, -0.25) is 0 Å². The van der Waals surface area contributed by atoms with Gasteiger partial charge in [-0.2, -0.15) is 0 Å². The molecule has 2 nitrogen and oxygen atoms in total. The number of aryl methyl sites for hydroxylation is 2. The normalized spacial score (nSPS) is 18.0. The molecular weight excluding hydrogens is 444 g/mol. The molecule has 4 heteroatoms. The first-order valence-corrected chi connectivity index (χ1v) is 10.8. The highest BCUT2D eigenvalue weighted by Crippen LogP contribution is 2.52. The number of benzene rings is 2. The molecule has 1 aliphatic heterocycles. The van der Waals surface area contributed by atoms with Crippen LogP contribution in [0.15, 0.2) is 21.1 Å². The van der Waals surface area contributed by atoms with Gasteiger partial charge in [0.1, 0.15) is 11.5 Å². The fourth-order valence-electron chi connectivity index (χ4n) is 4.66. The van der Waals surface area contributed by atoms with E-state index in [1.807, 2.05) is 0 Å². The van der Waals surface area contributed by atoms with Crippen LogP contribution in [0.25, 0.3) is 11.1 Å². The molecular formula is C21H20Br2O2. The van der Waals surface area contributed by atoms with Crippen molar-refractivity contribution in [2.24, 2.45) is 0 Å². The molecule has 1 heterocycles. The molecule has 0 atom stereocenters. The predicted molar refractivity (Wildman–Crippen MR) is 107 cm³/mol. The molecule has 0 saturated heterocycles.